The van der Waals surface area contributed by atoms with Crippen LogP contribution in [0.2, 0.25) is 0 Å². The maximum atomic E-state index is 6.67. The number of nitrogens with zero attached hydrogens (tertiary/aromatic N) is 2. The van der Waals surface area contributed by atoms with Crippen LogP contribution in [0.25, 0.3) is 92.1 Å². The first-order valence-electron chi connectivity index (χ1n) is 15.1. The molecular weight excluding hydrogens is 569 g/mol. The van der Waals surface area contributed by atoms with Crippen LogP contribution in [0.3, 0.4) is 0 Å². The van der Waals surface area contributed by atoms with Crippen LogP contribution in [-0.4, -0.2) is 9.55 Å². The van der Waals surface area contributed by atoms with Gasteiger partial charge in [-0.3, -0.25) is 0 Å². The molecule has 210 valence electrons. The summed E-state index contributed by atoms with van der Waals surface area (Å²) in [4.78, 5) is 5.18. The maximum absolute atomic E-state index is 6.67. The van der Waals surface area contributed by atoms with E-state index in [4.69, 9.17) is 9.40 Å². The molecule has 0 amide bonds. The lowest BCUT2D eigenvalue weighted by molar-refractivity contribution is 0.621. The Morgan fingerprint density at radius 3 is 2.13 bits per heavy atom. The lowest BCUT2D eigenvalue weighted by Gasteiger charge is -2.09. The summed E-state index contributed by atoms with van der Waals surface area (Å²) in [6.07, 6.45) is 0. The van der Waals surface area contributed by atoms with E-state index in [9.17, 15) is 0 Å². The van der Waals surface area contributed by atoms with Gasteiger partial charge in [-0.05, 0) is 64.9 Å². The van der Waals surface area contributed by atoms with Crippen molar-refractivity contribution < 1.29 is 4.42 Å². The highest BCUT2D eigenvalue weighted by atomic mass is 32.1. The summed E-state index contributed by atoms with van der Waals surface area (Å²) in [7, 11) is 0. The molecule has 0 bridgehead atoms. The van der Waals surface area contributed by atoms with Crippen molar-refractivity contribution in [1.82, 2.24) is 9.55 Å². The second-order valence-corrected chi connectivity index (χ2v) is 12.6. The number of hydrogen-bond acceptors (Lipinski definition) is 3. The largest absolute Gasteiger partial charge is 0.435 e. The highest BCUT2D eigenvalue weighted by Crippen LogP contribution is 2.44. The fourth-order valence-electron chi connectivity index (χ4n) is 7.01. The fraction of sp³-hybridized carbons (Fsp3) is 0. The van der Waals surface area contributed by atoms with Crippen LogP contribution in [0.1, 0.15) is 0 Å². The Balaban J connectivity index is 1.17. The van der Waals surface area contributed by atoms with E-state index >= 15 is 0 Å². The Kier molecular flexibility index (Phi) is 5.16. The minimum Gasteiger partial charge on any atom is -0.435 e. The molecule has 0 unspecified atom stereocenters. The van der Waals surface area contributed by atoms with Crippen molar-refractivity contribution in [2.24, 2.45) is 0 Å². The van der Waals surface area contributed by atoms with Crippen LogP contribution in [0.4, 0.5) is 0 Å². The van der Waals surface area contributed by atoms with E-state index in [0.29, 0.717) is 5.89 Å². The molecule has 10 rings (SSSR count). The van der Waals surface area contributed by atoms with Crippen LogP contribution in [0.5, 0.6) is 0 Å². The van der Waals surface area contributed by atoms with Gasteiger partial charge >= 0.3 is 0 Å². The van der Waals surface area contributed by atoms with E-state index in [0.717, 1.165) is 38.9 Å². The van der Waals surface area contributed by atoms with Crippen LogP contribution >= 0.6 is 11.3 Å². The molecule has 0 spiro atoms. The van der Waals surface area contributed by atoms with Gasteiger partial charge in [-0.2, -0.15) is 0 Å². The number of oxazole rings is 1. The first-order valence-corrected chi connectivity index (χ1v) is 16.0. The summed E-state index contributed by atoms with van der Waals surface area (Å²) in [6, 6.07) is 51.7. The molecule has 3 heterocycles. The predicted molar refractivity (Wildman–Crippen MR) is 190 cm³/mol. The minimum absolute atomic E-state index is 0.629. The molecule has 0 fully saturated rings. The molecule has 0 atom stereocenters. The average Bonchev–Trinajstić information content (AvgIpc) is 3.80. The third kappa shape index (κ3) is 3.60. The second kappa shape index (κ2) is 9.39. The van der Waals surface area contributed by atoms with Crippen molar-refractivity contribution in [1.29, 1.82) is 0 Å². The zero-order valence-corrected chi connectivity index (χ0v) is 24.9. The van der Waals surface area contributed by atoms with Crippen molar-refractivity contribution in [3.8, 4) is 28.3 Å². The predicted octanol–water partition coefficient (Wildman–Crippen LogP) is 11.8. The molecule has 0 aliphatic rings. The monoisotopic (exact) mass is 592 g/mol. The van der Waals surface area contributed by atoms with Crippen LogP contribution in [0.15, 0.2) is 150 Å². The second-order valence-electron chi connectivity index (χ2n) is 11.5. The summed E-state index contributed by atoms with van der Waals surface area (Å²) < 4.78 is 11.5. The molecule has 3 aromatic heterocycles. The molecular formula is C41H24N2OS. The van der Waals surface area contributed by atoms with Gasteiger partial charge in [0.15, 0.2) is 5.58 Å². The van der Waals surface area contributed by atoms with Crippen molar-refractivity contribution in [3.05, 3.63) is 146 Å². The Bertz CT molecular complexity index is 2750. The molecule has 4 heteroatoms. The molecule has 0 N–H and O–H groups in total. The highest BCUT2D eigenvalue weighted by Gasteiger charge is 2.20. The zero-order valence-electron chi connectivity index (χ0n) is 24.1. The van der Waals surface area contributed by atoms with Crippen molar-refractivity contribution >= 4 is 75.2 Å². The number of aromatic nitrogens is 2. The van der Waals surface area contributed by atoms with E-state index in [-0.39, 0.29) is 0 Å². The number of thiophene rings is 1. The number of rotatable bonds is 3. The van der Waals surface area contributed by atoms with Gasteiger partial charge in [0.2, 0.25) is 5.89 Å². The fourth-order valence-corrected chi connectivity index (χ4v) is 8.15. The van der Waals surface area contributed by atoms with Gasteiger partial charge in [-0.15, -0.1) is 11.3 Å². The Morgan fingerprint density at radius 1 is 0.533 bits per heavy atom. The molecule has 10 aromatic rings. The summed E-state index contributed by atoms with van der Waals surface area (Å²) in [5.41, 5.74) is 8.38. The zero-order chi connectivity index (χ0) is 29.5. The van der Waals surface area contributed by atoms with Crippen LogP contribution in [-0.2, 0) is 0 Å². The number of benzene rings is 7. The van der Waals surface area contributed by atoms with Gasteiger partial charge in [-0.1, -0.05) is 97.1 Å². The number of fused-ring (bicyclic) bond motifs is 10. The van der Waals surface area contributed by atoms with Gasteiger partial charge in [0.05, 0.1) is 11.0 Å². The van der Waals surface area contributed by atoms with Gasteiger partial charge in [0.25, 0.3) is 0 Å². The van der Waals surface area contributed by atoms with Gasteiger partial charge in [-0.25, -0.2) is 4.98 Å². The van der Waals surface area contributed by atoms with Crippen molar-refractivity contribution in [2.75, 3.05) is 0 Å². The van der Waals surface area contributed by atoms with Crippen LogP contribution < -0.4 is 0 Å². The summed E-state index contributed by atoms with van der Waals surface area (Å²) in [6.45, 7) is 0. The third-order valence-electron chi connectivity index (χ3n) is 9.03. The van der Waals surface area contributed by atoms with Gasteiger partial charge < -0.3 is 8.98 Å². The average molecular weight is 593 g/mol. The van der Waals surface area contributed by atoms with E-state index in [2.05, 4.69) is 144 Å². The third-order valence-corrected chi connectivity index (χ3v) is 10.1. The molecule has 0 aliphatic heterocycles. The van der Waals surface area contributed by atoms with Gasteiger partial charge in [0.1, 0.15) is 5.52 Å². The molecule has 0 aliphatic carbocycles. The standard InChI is InChI=1S/C41H24N2OS/c1-2-10-25(11-3-1)32-24-36-38(31-15-7-9-17-35(31)45-36)39-40(32)44-41(42-39)27-18-21-28(22-19-27)43-33-16-8-6-14-30(33)37-29-13-5-4-12-26(29)20-23-34(37)43/h1-24H. The normalized spacial score (nSPS) is 12.0. The summed E-state index contributed by atoms with van der Waals surface area (Å²) in [5.74, 6) is 0.629. The first kappa shape index (κ1) is 24.7. The molecule has 7 aromatic carbocycles. The van der Waals surface area contributed by atoms with Gasteiger partial charge in [0, 0.05) is 47.8 Å². The maximum Gasteiger partial charge on any atom is 0.227 e. The molecule has 45 heavy (non-hydrogen) atoms. The van der Waals surface area contributed by atoms with Crippen molar-refractivity contribution in [3.63, 3.8) is 0 Å². The highest BCUT2D eigenvalue weighted by molar-refractivity contribution is 7.26. The lowest BCUT2D eigenvalue weighted by Crippen LogP contribution is -1.93. The topological polar surface area (TPSA) is 31.0 Å². The number of hydrogen-bond donors (Lipinski definition) is 0. The molecule has 0 saturated heterocycles. The molecule has 0 saturated carbocycles. The lowest BCUT2D eigenvalue weighted by atomic mass is 10.0. The van der Waals surface area contributed by atoms with E-state index in [1.165, 1.54) is 47.4 Å². The summed E-state index contributed by atoms with van der Waals surface area (Å²) in [5, 5.41) is 7.45. The quantitative estimate of drug-likeness (QED) is 0.204. The van der Waals surface area contributed by atoms with E-state index in [1.54, 1.807) is 0 Å². The van der Waals surface area contributed by atoms with E-state index < -0.39 is 0 Å². The molecule has 0 radical (unpaired) electrons. The number of para-hydroxylation sites is 1. The molecule has 3 nitrogen and oxygen atoms in total. The first-order chi connectivity index (χ1) is 22.3. The smallest absolute Gasteiger partial charge is 0.227 e. The SMILES string of the molecule is c1ccc(-c2cc3sc4ccccc4c3c3nc(-c4ccc(-n5c6ccccc6c6c7ccccc7ccc65)cc4)oc23)cc1. The van der Waals surface area contributed by atoms with Crippen molar-refractivity contribution in [2.45, 2.75) is 0 Å². The minimum atomic E-state index is 0.629. The van der Waals surface area contributed by atoms with Crippen LogP contribution in [0, 0.1) is 0 Å². The Labute approximate surface area is 262 Å². The Morgan fingerprint density at radius 2 is 1.27 bits per heavy atom. The Hall–Kier alpha value is -5.71. The summed E-state index contributed by atoms with van der Waals surface area (Å²) >= 11 is 1.81. The van der Waals surface area contributed by atoms with E-state index in [1.807, 2.05) is 17.4 Å².